The summed E-state index contributed by atoms with van der Waals surface area (Å²) in [6.07, 6.45) is 1.33. The Hall–Kier alpha value is -3.19. The monoisotopic (exact) mass is 499 g/mol. The molecule has 7 heteroatoms. The van der Waals surface area contributed by atoms with E-state index in [0.717, 1.165) is 11.1 Å². The van der Waals surface area contributed by atoms with Crippen molar-refractivity contribution in [3.63, 3.8) is 0 Å². The van der Waals surface area contributed by atoms with Crippen LogP contribution in [0, 0.1) is 0 Å². The van der Waals surface area contributed by atoms with Crippen LogP contribution in [0.15, 0.2) is 70.3 Å². The molecule has 6 nitrogen and oxygen atoms in total. The van der Waals surface area contributed by atoms with E-state index in [4.69, 9.17) is 24.2 Å². The van der Waals surface area contributed by atoms with E-state index in [0.29, 0.717) is 59.5 Å². The Morgan fingerprint density at radius 2 is 1.50 bits per heavy atom. The topological polar surface area (TPSA) is 69.5 Å². The van der Waals surface area contributed by atoms with Crippen molar-refractivity contribution in [2.45, 2.75) is 27.1 Å². The summed E-state index contributed by atoms with van der Waals surface area (Å²) in [6.45, 7) is 5.61. The fourth-order valence-corrected chi connectivity index (χ4v) is 3.63. The lowest BCUT2D eigenvalue weighted by molar-refractivity contribution is 0.260. The zero-order valence-electron chi connectivity index (χ0n) is 18.1. The molecule has 0 radical (unpaired) electrons. The Morgan fingerprint density at radius 1 is 0.781 bits per heavy atom. The van der Waals surface area contributed by atoms with Crippen molar-refractivity contribution in [1.29, 1.82) is 0 Å². The van der Waals surface area contributed by atoms with Gasteiger partial charge in [0.2, 0.25) is 0 Å². The second kappa shape index (κ2) is 12.0. The molecule has 0 amide bonds. The molecule has 3 aromatic rings. The van der Waals surface area contributed by atoms with Gasteiger partial charge in [-0.05, 0) is 65.2 Å². The molecule has 0 unspecified atom stereocenters. The summed E-state index contributed by atoms with van der Waals surface area (Å²) in [6, 6.07) is 19.3. The van der Waals surface area contributed by atoms with Gasteiger partial charge >= 0.3 is 0 Å². The average molecular weight is 500 g/mol. The minimum absolute atomic E-state index is 0.311. The van der Waals surface area contributed by atoms with Crippen molar-refractivity contribution in [2.24, 2.45) is 5.16 Å². The van der Waals surface area contributed by atoms with Crippen LogP contribution < -0.4 is 18.9 Å². The molecule has 0 saturated heterocycles. The Labute approximate surface area is 196 Å². The van der Waals surface area contributed by atoms with Crippen LogP contribution in [0.2, 0.25) is 0 Å². The molecule has 0 saturated carbocycles. The number of hydrogen-bond acceptors (Lipinski definition) is 6. The van der Waals surface area contributed by atoms with E-state index in [1.165, 1.54) is 6.21 Å². The molecule has 3 rings (SSSR count). The van der Waals surface area contributed by atoms with Gasteiger partial charge in [0.05, 0.1) is 23.9 Å². The SMILES string of the molecule is CCOc1cc(COc2c(Br)cc(/C=N/O)cc2OCC)ccc1OCc1ccccc1. The first kappa shape index (κ1) is 23.5. The second-order valence-electron chi connectivity index (χ2n) is 6.78. The van der Waals surface area contributed by atoms with E-state index in [-0.39, 0.29) is 0 Å². The van der Waals surface area contributed by atoms with Crippen molar-refractivity contribution in [1.82, 2.24) is 0 Å². The number of rotatable bonds is 11. The Kier molecular flexibility index (Phi) is 8.80. The van der Waals surface area contributed by atoms with Gasteiger partial charge in [-0.25, -0.2) is 0 Å². The van der Waals surface area contributed by atoms with Crippen LogP contribution in [0.4, 0.5) is 0 Å². The molecule has 1 N–H and O–H groups in total. The van der Waals surface area contributed by atoms with E-state index in [1.54, 1.807) is 12.1 Å². The molecule has 0 aromatic heterocycles. The minimum Gasteiger partial charge on any atom is -0.490 e. The maximum absolute atomic E-state index is 8.81. The third-order valence-electron chi connectivity index (χ3n) is 4.47. The molecular weight excluding hydrogens is 474 g/mol. The molecule has 0 fully saturated rings. The fraction of sp³-hybridized carbons (Fsp3) is 0.240. The molecule has 3 aromatic carbocycles. The molecular formula is C25H26BrNO5. The lowest BCUT2D eigenvalue weighted by Crippen LogP contribution is -2.03. The molecule has 168 valence electrons. The second-order valence-corrected chi connectivity index (χ2v) is 7.64. The van der Waals surface area contributed by atoms with Crippen LogP contribution in [0.1, 0.15) is 30.5 Å². The number of benzene rings is 3. The summed E-state index contributed by atoms with van der Waals surface area (Å²) in [4.78, 5) is 0. The van der Waals surface area contributed by atoms with Gasteiger partial charge in [-0.3, -0.25) is 0 Å². The number of halogens is 1. The Balaban J connectivity index is 1.75. The molecule has 32 heavy (non-hydrogen) atoms. The highest BCUT2D eigenvalue weighted by atomic mass is 79.9. The fourth-order valence-electron chi connectivity index (χ4n) is 3.05. The molecule has 0 aliphatic carbocycles. The van der Waals surface area contributed by atoms with Gasteiger partial charge in [0.25, 0.3) is 0 Å². The average Bonchev–Trinajstić information content (AvgIpc) is 2.79. The number of oxime groups is 1. The normalized spacial score (nSPS) is 10.8. The van der Waals surface area contributed by atoms with Gasteiger partial charge in [0.1, 0.15) is 13.2 Å². The van der Waals surface area contributed by atoms with Crippen molar-refractivity contribution in [3.05, 3.63) is 81.8 Å². The Bertz CT molecular complexity index is 1040. The van der Waals surface area contributed by atoms with Crippen molar-refractivity contribution >= 4 is 22.1 Å². The van der Waals surface area contributed by atoms with E-state index >= 15 is 0 Å². The van der Waals surface area contributed by atoms with Gasteiger partial charge < -0.3 is 24.2 Å². The minimum atomic E-state index is 0.311. The summed E-state index contributed by atoms with van der Waals surface area (Å²) in [5.41, 5.74) is 2.70. The molecule has 0 aliphatic heterocycles. The zero-order valence-corrected chi connectivity index (χ0v) is 19.7. The molecule has 0 atom stereocenters. The number of ether oxygens (including phenoxy) is 4. The van der Waals surface area contributed by atoms with Gasteiger partial charge in [-0.15, -0.1) is 0 Å². The molecule has 0 spiro atoms. The lowest BCUT2D eigenvalue weighted by atomic mass is 10.2. The molecule has 0 aliphatic rings. The van der Waals surface area contributed by atoms with E-state index in [1.807, 2.05) is 62.4 Å². The smallest absolute Gasteiger partial charge is 0.175 e. The van der Waals surface area contributed by atoms with Crippen molar-refractivity contribution < 1.29 is 24.2 Å². The van der Waals surface area contributed by atoms with E-state index in [9.17, 15) is 0 Å². The molecule has 0 bridgehead atoms. The van der Waals surface area contributed by atoms with E-state index in [2.05, 4.69) is 21.1 Å². The third-order valence-corrected chi connectivity index (χ3v) is 5.06. The molecule has 0 heterocycles. The van der Waals surface area contributed by atoms with E-state index < -0.39 is 0 Å². The van der Waals surface area contributed by atoms with Crippen LogP contribution >= 0.6 is 15.9 Å². The highest BCUT2D eigenvalue weighted by Gasteiger charge is 2.14. The quantitative estimate of drug-likeness (QED) is 0.193. The van der Waals surface area contributed by atoms with Gasteiger partial charge in [-0.2, -0.15) is 0 Å². The standard InChI is InChI=1S/C25H26BrNO5/c1-3-29-23-13-19(10-11-22(23)31-16-18-8-6-5-7-9-18)17-32-25-21(26)12-20(15-27-28)14-24(25)30-4-2/h5-15,28H,3-4,16-17H2,1-2H3/b27-15+. The predicted molar refractivity (Wildman–Crippen MR) is 127 cm³/mol. The van der Waals surface area contributed by atoms with Crippen molar-refractivity contribution in [3.8, 4) is 23.0 Å². The van der Waals surface area contributed by atoms with Crippen LogP contribution in [-0.4, -0.2) is 24.6 Å². The third kappa shape index (κ3) is 6.40. The van der Waals surface area contributed by atoms with Crippen molar-refractivity contribution in [2.75, 3.05) is 13.2 Å². The highest BCUT2D eigenvalue weighted by molar-refractivity contribution is 9.10. The van der Waals surface area contributed by atoms with Gasteiger partial charge in [0, 0.05) is 5.56 Å². The largest absolute Gasteiger partial charge is 0.490 e. The van der Waals surface area contributed by atoms with Crippen LogP contribution in [-0.2, 0) is 13.2 Å². The first-order valence-electron chi connectivity index (χ1n) is 10.3. The zero-order chi connectivity index (χ0) is 22.8. The maximum atomic E-state index is 8.81. The van der Waals surface area contributed by atoms with Gasteiger partial charge in [0.15, 0.2) is 23.0 Å². The number of hydrogen-bond donors (Lipinski definition) is 1. The summed E-state index contributed by atoms with van der Waals surface area (Å²) in [5, 5.41) is 11.9. The maximum Gasteiger partial charge on any atom is 0.175 e. The van der Waals surface area contributed by atoms with Crippen LogP contribution in [0.5, 0.6) is 23.0 Å². The van der Waals surface area contributed by atoms with Crippen LogP contribution in [0.25, 0.3) is 0 Å². The summed E-state index contributed by atoms with van der Waals surface area (Å²) in [5.74, 6) is 2.49. The summed E-state index contributed by atoms with van der Waals surface area (Å²) >= 11 is 3.51. The summed E-state index contributed by atoms with van der Waals surface area (Å²) in [7, 11) is 0. The lowest BCUT2D eigenvalue weighted by Gasteiger charge is -2.16. The first-order chi connectivity index (χ1) is 15.6. The first-order valence-corrected chi connectivity index (χ1v) is 11.1. The summed E-state index contributed by atoms with van der Waals surface area (Å²) < 4.78 is 24.2. The van der Waals surface area contributed by atoms with Crippen LogP contribution in [0.3, 0.4) is 0 Å². The Morgan fingerprint density at radius 3 is 2.22 bits per heavy atom. The highest BCUT2D eigenvalue weighted by Crippen LogP contribution is 2.38. The van der Waals surface area contributed by atoms with Gasteiger partial charge in [-0.1, -0.05) is 41.6 Å². The predicted octanol–water partition coefficient (Wildman–Crippen LogP) is 6.21. The number of nitrogens with zero attached hydrogens (tertiary/aromatic N) is 1.